The molecule has 0 saturated heterocycles. The summed E-state index contributed by atoms with van der Waals surface area (Å²) >= 11 is 14.2. The molecule has 10 heteroatoms. The van der Waals surface area contributed by atoms with E-state index in [1.807, 2.05) is 0 Å². The third-order valence-electron chi connectivity index (χ3n) is 4.16. The van der Waals surface area contributed by atoms with Crippen molar-refractivity contribution < 1.29 is 14.7 Å². The Morgan fingerprint density at radius 1 is 1.29 bits per heavy atom. The maximum Gasteiger partial charge on any atom is 0.291 e. The SMILES string of the molecule is O=C1CN=C(C(=O)Nc2cc(Cl)c(Cc3ccc(O)c4ncsc34)c(Cl)c2)N1. The standard InChI is InChI=1S/C18H12Cl2N4O3S/c19-11-4-9(23-18(27)17-21-6-14(26)24-17)5-12(20)10(11)3-8-1-2-13(25)15-16(8)28-7-22-15/h1-2,4-5,7,25H,3,6H2,(H,23,27)(H,21,24,26). The van der Waals surface area contributed by atoms with Crippen molar-refractivity contribution in [2.24, 2.45) is 4.99 Å². The number of amides is 2. The number of benzene rings is 2. The van der Waals surface area contributed by atoms with Gasteiger partial charge in [-0.2, -0.15) is 0 Å². The summed E-state index contributed by atoms with van der Waals surface area (Å²) in [6.07, 6.45) is 0.438. The van der Waals surface area contributed by atoms with Crippen molar-refractivity contribution in [2.75, 3.05) is 11.9 Å². The highest BCUT2D eigenvalue weighted by molar-refractivity contribution is 7.17. The number of carbonyl (C=O) groups is 2. The second-order valence-electron chi connectivity index (χ2n) is 6.04. The van der Waals surface area contributed by atoms with E-state index in [0.29, 0.717) is 33.2 Å². The molecule has 2 aromatic carbocycles. The third-order valence-corrected chi connectivity index (χ3v) is 5.74. The van der Waals surface area contributed by atoms with E-state index in [-0.39, 0.29) is 24.0 Å². The topological polar surface area (TPSA) is 104 Å². The van der Waals surface area contributed by atoms with Crippen LogP contribution in [-0.4, -0.2) is 34.3 Å². The van der Waals surface area contributed by atoms with E-state index in [2.05, 4.69) is 20.6 Å². The Morgan fingerprint density at radius 2 is 2.04 bits per heavy atom. The van der Waals surface area contributed by atoms with Crippen LogP contribution in [0.3, 0.4) is 0 Å². The van der Waals surface area contributed by atoms with Crippen LogP contribution in [-0.2, 0) is 16.0 Å². The minimum atomic E-state index is -0.546. The number of phenolic OH excluding ortho intramolecular Hbond substituents is 1. The number of phenols is 1. The quantitative estimate of drug-likeness (QED) is 0.585. The number of aromatic hydroxyl groups is 1. The number of aliphatic imine (C=N–C) groups is 1. The van der Waals surface area contributed by atoms with Crippen LogP contribution in [0.5, 0.6) is 5.75 Å². The number of nitrogens with zero attached hydrogens (tertiary/aromatic N) is 2. The summed E-state index contributed by atoms with van der Waals surface area (Å²) in [5.41, 5.74) is 4.21. The lowest BCUT2D eigenvalue weighted by Gasteiger charge is -2.12. The number of amidine groups is 1. The largest absolute Gasteiger partial charge is 0.506 e. The zero-order valence-corrected chi connectivity index (χ0v) is 16.5. The van der Waals surface area contributed by atoms with Crippen molar-refractivity contribution in [1.82, 2.24) is 10.3 Å². The Hall–Kier alpha value is -2.68. The van der Waals surface area contributed by atoms with Crippen molar-refractivity contribution in [1.29, 1.82) is 0 Å². The summed E-state index contributed by atoms with van der Waals surface area (Å²) in [6, 6.07) is 6.56. The van der Waals surface area contributed by atoms with Crippen LogP contribution < -0.4 is 10.6 Å². The molecule has 28 heavy (non-hydrogen) atoms. The molecule has 2 heterocycles. The Labute approximate surface area is 173 Å². The zero-order chi connectivity index (χ0) is 19.8. The maximum absolute atomic E-state index is 12.1. The average molecular weight is 435 g/mol. The van der Waals surface area contributed by atoms with Crippen molar-refractivity contribution in [2.45, 2.75) is 6.42 Å². The summed E-state index contributed by atoms with van der Waals surface area (Å²) in [5, 5.41) is 15.7. The zero-order valence-electron chi connectivity index (χ0n) is 14.1. The lowest BCUT2D eigenvalue weighted by atomic mass is 10.0. The Morgan fingerprint density at radius 3 is 2.71 bits per heavy atom. The fourth-order valence-corrected chi connectivity index (χ4v) is 4.29. The summed E-state index contributed by atoms with van der Waals surface area (Å²) in [5.74, 6) is -0.800. The number of halogens is 2. The lowest BCUT2D eigenvalue weighted by molar-refractivity contribution is -0.118. The summed E-state index contributed by atoms with van der Waals surface area (Å²) in [4.78, 5) is 31.3. The first kappa shape index (κ1) is 18.7. The smallest absolute Gasteiger partial charge is 0.291 e. The van der Waals surface area contributed by atoms with Crippen molar-refractivity contribution in [3.63, 3.8) is 0 Å². The summed E-state index contributed by atoms with van der Waals surface area (Å²) in [7, 11) is 0. The Bertz CT molecular complexity index is 1140. The second-order valence-corrected chi connectivity index (χ2v) is 7.71. The molecular formula is C18H12Cl2N4O3S. The Kier molecular flexibility index (Phi) is 4.92. The molecule has 3 N–H and O–H groups in total. The van der Waals surface area contributed by atoms with Gasteiger partial charge in [-0.3, -0.25) is 14.6 Å². The van der Waals surface area contributed by atoms with Crippen molar-refractivity contribution in [3.05, 3.63) is 50.9 Å². The van der Waals surface area contributed by atoms with Crippen LogP contribution in [0.15, 0.2) is 34.8 Å². The molecule has 0 aliphatic carbocycles. The van der Waals surface area contributed by atoms with Gasteiger partial charge in [0.1, 0.15) is 17.8 Å². The first-order chi connectivity index (χ1) is 13.4. The van der Waals surface area contributed by atoms with E-state index in [1.165, 1.54) is 11.3 Å². The lowest BCUT2D eigenvalue weighted by Crippen LogP contribution is -2.34. The molecule has 7 nitrogen and oxygen atoms in total. The number of thiazole rings is 1. The number of rotatable bonds is 4. The van der Waals surface area contributed by atoms with Crippen LogP contribution >= 0.6 is 34.5 Å². The van der Waals surface area contributed by atoms with E-state index < -0.39 is 5.91 Å². The highest BCUT2D eigenvalue weighted by atomic mass is 35.5. The molecule has 1 aliphatic heterocycles. The minimum absolute atomic E-state index is 0.0435. The third kappa shape index (κ3) is 3.54. The molecule has 4 rings (SSSR count). The van der Waals surface area contributed by atoms with Crippen LogP contribution in [0.4, 0.5) is 5.69 Å². The molecular weight excluding hydrogens is 423 g/mol. The molecule has 1 aromatic heterocycles. The molecule has 3 aromatic rings. The van der Waals surface area contributed by atoms with Gasteiger partial charge in [0.05, 0.1) is 10.2 Å². The molecule has 0 atom stereocenters. The fraction of sp³-hybridized carbons (Fsp3) is 0.111. The molecule has 0 unspecified atom stereocenters. The van der Waals surface area contributed by atoms with Crippen LogP contribution in [0.25, 0.3) is 10.2 Å². The van der Waals surface area contributed by atoms with E-state index in [1.54, 1.807) is 29.8 Å². The number of fused-ring (bicyclic) bond motifs is 1. The summed E-state index contributed by atoms with van der Waals surface area (Å²) < 4.78 is 0.861. The van der Waals surface area contributed by atoms with Gasteiger partial charge in [0.2, 0.25) is 5.91 Å². The highest BCUT2D eigenvalue weighted by Gasteiger charge is 2.21. The van der Waals surface area contributed by atoms with Gasteiger partial charge in [-0.15, -0.1) is 11.3 Å². The Balaban J connectivity index is 1.59. The van der Waals surface area contributed by atoms with Crippen molar-refractivity contribution in [3.8, 4) is 5.75 Å². The fourth-order valence-electron chi connectivity index (χ4n) is 2.85. The average Bonchev–Trinajstić information content (AvgIpc) is 3.29. The number of carbonyl (C=O) groups excluding carboxylic acids is 2. The molecule has 0 saturated carbocycles. The molecule has 0 spiro atoms. The molecule has 0 radical (unpaired) electrons. The van der Waals surface area contributed by atoms with Gasteiger partial charge in [0.15, 0.2) is 5.84 Å². The highest BCUT2D eigenvalue weighted by Crippen LogP contribution is 2.35. The number of nitrogens with one attached hydrogen (secondary N) is 2. The molecule has 2 amide bonds. The number of anilines is 1. The van der Waals surface area contributed by atoms with Gasteiger partial charge in [-0.1, -0.05) is 29.3 Å². The van der Waals surface area contributed by atoms with Gasteiger partial charge in [-0.05, 0) is 29.3 Å². The van der Waals surface area contributed by atoms with Gasteiger partial charge >= 0.3 is 0 Å². The van der Waals surface area contributed by atoms with Crippen LogP contribution in [0, 0.1) is 0 Å². The molecule has 1 aliphatic rings. The first-order valence-electron chi connectivity index (χ1n) is 8.10. The van der Waals surface area contributed by atoms with E-state index >= 15 is 0 Å². The van der Waals surface area contributed by atoms with Gasteiger partial charge in [-0.25, -0.2) is 4.98 Å². The van der Waals surface area contributed by atoms with Crippen molar-refractivity contribution >= 4 is 68.1 Å². The van der Waals surface area contributed by atoms with Gasteiger partial charge < -0.3 is 15.7 Å². The normalized spacial score (nSPS) is 13.5. The molecule has 0 bridgehead atoms. The monoisotopic (exact) mass is 434 g/mol. The maximum atomic E-state index is 12.1. The number of aromatic nitrogens is 1. The number of hydrogen-bond donors (Lipinski definition) is 3. The summed E-state index contributed by atoms with van der Waals surface area (Å²) in [6.45, 7) is -0.0676. The van der Waals surface area contributed by atoms with E-state index in [4.69, 9.17) is 23.2 Å². The van der Waals surface area contributed by atoms with E-state index in [9.17, 15) is 14.7 Å². The molecule has 0 fully saturated rings. The molecule has 142 valence electrons. The van der Waals surface area contributed by atoms with E-state index in [0.717, 1.165) is 10.3 Å². The minimum Gasteiger partial charge on any atom is -0.506 e. The first-order valence-corrected chi connectivity index (χ1v) is 9.73. The van der Waals surface area contributed by atoms with Gasteiger partial charge in [0.25, 0.3) is 5.91 Å². The predicted molar refractivity (Wildman–Crippen MR) is 110 cm³/mol. The van der Waals surface area contributed by atoms with Crippen LogP contribution in [0.1, 0.15) is 11.1 Å². The van der Waals surface area contributed by atoms with Gasteiger partial charge in [0, 0.05) is 22.2 Å². The predicted octanol–water partition coefficient (Wildman–Crippen LogP) is 3.37. The number of hydrogen-bond acceptors (Lipinski definition) is 6. The van der Waals surface area contributed by atoms with Crippen LogP contribution in [0.2, 0.25) is 10.0 Å². The second kappa shape index (κ2) is 7.38.